The van der Waals surface area contributed by atoms with Crippen molar-refractivity contribution >= 4 is 11.8 Å². The van der Waals surface area contributed by atoms with Gasteiger partial charge in [0, 0.05) is 50.1 Å². The van der Waals surface area contributed by atoms with Gasteiger partial charge in [0.1, 0.15) is 0 Å². The lowest BCUT2D eigenvalue weighted by molar-refractivity contribution is -0.125. The molecule has 2 N–H and O–H groups in total. The summed E-state index contributed by atoms with van der Waals surface area (Å²) in [6.07, 6.45) is 6.11. The number of amides is 2. The predicted molar refractivity (Wildman–Crippen MR) is 154 cm³/mol. The molecule has 0 radical (unpaired) electrons. The molecule has 2 amide bonds. The molecule has 7 heteroatoms. The third kappa shape index (κ3) is 9.99. The maximum Gasteiger partial charge on any atom is 0.222 e. The molecule has 0 aromatic heterocycles. The van der Waals surface area contributed by atoms with Crippen LogP contribution in [-0.2, 0) is 9.59 Å². The topological polar surface area (TPSA) is 67.9 Å². The second-order valence-corrected chi connectivity index (χ2v) is 12.5. The molecule has 2 aliphatic rings. The maximum absolute atomic E-state index is 12.2. The van der Waals surface area contributed by atoms with Gasteiger partial charge in [-0.2, -0.15) is 0 Å². The van der Waals surface area contributed by atoms with Gasteiger partial charge in [-0.1, -0.05) is 46.8 Å². The van der Waals surface area contributed by atoms with E-state index in [-0.39, 0.29) is 29.8 Å². The molecule has 0 spiro atoms. The van der Waals surface area contributed by atoms with Crippen LogP contribution in [0.15, 0.2) is 12.2 Å². The summed E-state index contributed by atoms with van der Waals surface area (Å²) in [4.78, 5) is 31.9. The molecule has 1 unspecified atom stereocenters. The fourth-order valence-corrected chi connectivity index (χ4v) is 5.65. The van der Waals surface area contributed by atoms with Crippen LogP contribution < -0.4 is 10.6 Å². The lowest BCUT2D eigenvalue weighted by Gasteiger charge is -2.46. The van der Waals surface area contributed by atoms with Crippen molar-refractivity contribution < 1.29 is 9.59 Å². The number of likely N-dealkylation sites (tertiary alicyclic amines) is 1. The maximum atomic E-state index is 12.2. The Morgan fingerprint density at radius 3 is 2.03 bits per heavy atom. The lowest BCUT2D eigenvalue weighted by atomic mass is 9.73. The van der Waals surface area contributed by atoms with E-state index in [1.54, 1.807) is 0 Å². The largest absolute Gasteiger partial charge is 0.352 e. The zero-order chi connectivity index (χ0) is 27.7. The summed E-state index contributed by atoms with van der Waals surface area (Å²) in [7, 11) is 4.53. The quantitative estimate of drug-likeness (QED) is 0.323. The first-order chi connectivity index (χ1) is 17.4. The minimum atomic E-state index is 0.0313. The summed E-state index contributed by atoms with van der Waals surface area (Å²) in [5, 5.41) is 6.48. The summed E-state index contributed by atoms with van der Waals surface area (Å²) in [5.74, 6) is 1.28. The monoisotopic (exact) mass is 519 g/mol. The fraction of sp³-hybridized carbons (Fsp3) is 0.867. The van der Waals surface area contributed by atoms with Crippen LogP contribution in [-0.4, -0.2) is 97.5 Å². The Hall–Kier alpha value is -1.44. The molecular formula is C30H57N5O2. The average Bonchev–Trinajstić information content (AvgIpc) is 2.80. The van der Waals surface area contributed by atoms with Crippen molar-refractivity contribution in [2.45, 2.75) is 104 Å². The van der Waals surface area contributed by atoms with Crippen LogP contribution in [0.1, 0.15) is 80.1 Å². The van der Waals surface area contributed by atoms with Crippen molar-refractivity contribution in [1.29, 1.82) is 0 Å². The number of hydrogen-bond acceptors (Lipinski definition) is 5. The van der Waals surface area contributed by atoms with Gasteiger partial charge >= 0.3 is 0 Å². The third-order valence-electron chi connectivity index (χ3n) is 8.67. The van der Waals surface area contributed by atoms with Gasteiger partial charge in [0.2, 0.25) is 11.8 Å². The third-order valence-corrected chi connectivity index (χ3v) is 8.67. The highest BCUT2D eigenvalue weighted by atomic mass is 16.2. The predicted octanol–water partition coefficient (Wildman–Crippen LogP) is 3.75. The van der Waals surface area contributed by atoms with Gasteiger partial charge in [0.25, 0.3) is 0 Å². The summed E-state index contributed by atoms with van der Waals surface area (Å²) < 4.78 is 0. The minimum absolute atomic E-state index is 0.0313. The Balaban J connectivity index is 1.71. The van der Waals surface area contributed by atoms with Crippen molar-refractivity contribution in [3.05, 3.63) is 12.2 Å². The molecule has 1 aliphatic heterocycles. The first kappa shape index (κ1) is 31.8. The van der Waals surface area contributed by atoms with E-state index in [4.69, 9.17) is 0 Å². The van der Waals surface area contributed by atoms with E-state index in [0.29, 0.717) is 30.3 Å². The average molecular weight is 520 g/mol. The normalized spacial score (nSPS) is 22.8. The van der Waals surface area contributed by atoms with Gasteiger partial charge < -0.3 is 25.3 Å². The molecule has 214 valence electrons. The summed E-state index contributed by atoms with van der Waals surface area (Å²) in [5.41, 5.74) is 1.07. The Morgan fingerprint density at radius 2 is 1.54 bits per heavy atom. The highest BCUT2D eigenvalue weighted by molar-refractivity contribution is 5.78. The Labute approximate surface area is 227 Å². The number of nitrogens with one attached hydrogen (secondary N) is 2. The van der Waals surface area contributed by atoms with Gasteiger partial charge in [0.15, 0.2) is 0 Å². The van der Waals surface area contributed by atoms with Crippen molar-refractivity contribution in [3.63, 3.8) is 0 Å². The first-order valence-corrected chi connectivity index (χ1v) is 14.8. The number of carbonyl (C=O) groups is 2. The molecule has 1 heterocycles. The number of carbonyl (C=O) groups excluding carboxylic acids is 2. The molecule has 2 rings (SSSR count). The number of rotatable bonds is 15. The van der Waals surface area contributed by atoms with Gasteiger partial charge in [-0.05, 0) is 78.0 Å². The highest BCUT2D eigenvalue weighted by Gasteiger charge is 2.38. The molecule has 1 aliphatic carbocycles. The number of likely N-dealkylation sites (N-methyl/N-ethyl adjacent to an activating group) is 2. The standard InChI is InChI=1S/C30H57N5O2/c1-10-11-28(36)32-29(22(4)5)24-18-26(19-24)34(9)17-16-33(8)25-12-14-35(15-13-25)20-27(21(2)3)31-30(37)23(6)7/h21,23-27,29H,4,10-20H2,1-3,5-9H3,(H,31,37)(H,32,36)/t24?,26?,27?,29-/m1/s1. The van der Waals surface area contributed by atoms with E-state index >= 15 is 0 Å². The van der Waals surface area contributed by atoms with Crippen LogP contribution in [0, 0.1) is 17.8 Å². The zero-order valence-electron chi connectivity index (χ0n) is 25.2. The van der Waals surface area contributed by atoms with E-state index < -0.39 is 0 Å². The smallest absolute Gasteiger partial charge is 0.222 e. The van der Waals surface area contributed by atoms with Crippen LogP contribution in [0.25, 0.3) is 0 Å². The molecule has 2 fully saturated rings. The van der Waals surface area contributed by atoms with Crippen LogP contribution in [0.5, 0.6) is 0 Å². The number of nitrogens with zero attached hydrogens (tertiary/aromatic N) is 3. The molecule has 0 aromatic carbocycles. The molecule has 0 aromatic rings. The number of hydrogen-bond donors (Lipinski definition) is 2. The molecule has 0 bridgehead atoms. The second-order valence-electron chi connectivity index (χ2n) is 12.5. The van der Waals surface area contributed by atoms with E-state index in [1.807, 2.05) is 27.7 Å². The van der Waals surface area contributed by atoms with Gasteiger partial charge in [-0.25, -0.2) is 0 Å². The van der Waals surface area contributed by atoms with Crippen molar-refractivity contribution in [2.75, 3.05) is 46.8 Å². The van der Waals surface area contributed by atoms with E-state index in [1.165, 1.54) is 12.8 Å². The van der Waals surface area contributed by atoms with E-state index in [2.05, 4.69) is 59.9 Å². The lowest BCUT2D eigenvalue weighted by Crippen LogP contribution is -2.53. The Bertz CT molecular complexity index is 725. The van der Waals surface area contributed by atoms with Crippen LogP contribution >= 0.6 is 0 Å². The second kappa shape index (κ2) is 15.2. The molecule has 2 atom stereocenters. The molecule has 1 saturated carbocycles. The van der Waals surface area contributed by atoms with E-state index in [9.17, 15) is 9.59 Å². The van der Waals surface area contributed by atoms with Crippen LogP contribution in [0.2, 0.25) is 0 Å². The SMILES string of the molecule is C=C(C)[C@@H](NC(=O)CCC)C1CC(N(C)CCN(C)C2CCN(CC(NC(=O)C(C)C)C(C)C)CC2)C1. The Kier molecular flexibility index (Phi) is 13.1. The molecular weight excluding hydrogens is 462 g/mol. The number of piperidine rings is 1. The summed E-state index contributed by atoms with van der Waals surface area (Å²) in [6, 6.07) is 1.56. The summed E-state index contributed by atoms with van der Waals surface area (Å²) >= 11 is 0. The fourth-order valence-electron chi connectivity index (χ4n) is 5.65. The van der Waals surface area contributed by atoms with Crippen LogP contribution in [0.3, 0.4) is 0 Å². The molecule has 7 nitrogen and oxygen atoms in total. The zero-order valence-corrected chi connectivity index (χ0v) is 25.2. The van der Waals surface area contributed by atoms with Crippen molar-refractivity contribution in [1.82, 2.24) is 25.3 Å². The van der Waals surface area contributed by atoms with Crippen LogP contribution in [0.4, 0.5) is 0 Å². The van der Waals surface area contributed by atoms with Crippen molar-refractivity contribution in [3.8, 4) is 0 Å². The molecule has 1 saturated heterocycles. The molecule has 37 heavy (non-hydrogen) atoms. The van der Waals surface area contributed by atoms with Gasteiger partial charge in [-0.3, -0.25) is 9.59 Å². The minimum Gasteiger partial charge on any atom is -0.352 e. The summed E-state index contributed by atoms with van der Waals surface area (Å²) in [6.45, 7) is 21.9. The Morgan fingerprint density at radius 1 is 0.973 bits per heavy atom. The van der Waals surface area contributed by atoms with E-state index in [0.717, 1.165) is 57.6 Å². The van der Waals surface area contributed by atoms with Gasteiger partial charge in [0.05, 0.1) is 6.04 Å². The van der Waals surface area contributed by atoms with Gasteiger partial charge in [-0.15, -0.1) is 0 Å². The first-order valence-electron chi connectivity index (χ1n) is 14.8. The highest BCUT2D eigenvalue weighted by Crippen LogP contribution is 2.35. The van der Waals surface area contributed by atoms with Crippen molar-refractivity contribution in [2.24, 2.45) is 17.8 Å².